The van der Waals surface area contributed by atoms with Crippen LogP contribution in [-0.4, -0.2) is 33.8 Å². The summed E-state index contributed by atoms with van der Waals surface area (Å²) >= 11 is 0. The Kier molecular flexibility index (Phi) is 5.70. The number of pyridine rings is 1. The number of carbonyl (C=O) groups is 2. The van der Waals surface area contributed by atoms with E-state index in [1.807, 2.05) is 20.8 Å². The van der Waals surface area contributed by atoms with E-state index in [9.17, 15) is 19.7 Å². The third-order valence-corrected chi connectivity index (χ3v) is 4.55. The summed E-state index contributed by atoms with van der Waals surface area (Å²) in [4.78, 5) is 36.3. The molecule has 0 unspecified atom stereocenters. The number of carbonyl (C=O) groups excluding carboxylic acids is 2. The molecule has 0 aliphatic heterocycles. The van der Waals surface area contributed by atoms with Gasteiger partial charge in [0.05, 0.1) is 17.5 Å². The van der Waals surface area contributed by atoms with Crippen LogP contribution in [0.15, 0.2) is 42.6 Å². The lowest BCUT2D eigenvalue weighted by Gasteiger charge is -2.19. The molecule has 162 valence electrons. The molecule has 0 saturated heterocycles. The van der Waals surface area contributed by atoms with E-state index in [4.69, 9.17) is 9.47 Å². The fraction of sp³-hybridized carbons (Fsp3) is 0.273. The van der Waals surface area contributed by atoms with Crippen LogP contribution in [0.3, 0.4) is 0 Å². The van der Waals surface area contributed by atoms with Crippen molar-refractivity contribution in [2.24, 2.45) is 0 Å². The van der Waals surface area contributed by atoms with Gasteiger partial charge in [0.25, 0.3) is 0 Å². The minimum atomic E-state index is -0.636. The number of ketones is 1. The zero-order valence-corrected chi connectivity index (χ0v) is 17.9. The number of fused-ring (bicyclic) bond motifs is 1. The van der Waals surface area contributed by atoms with E-state index in [2.05, 4.69) is 5.32 Å². The quantitative estimate of drug-likeness (QED) is 0.371. The highest BCUT2D eigenvalue weighted by molar-refractivity contribution is 6.11. The van der Waals surface area contributed by atoms with Gasteiger partial charge >= 0.3 is 11.8 Å². The first-order valence-electron chi connectivity index (χ1n) is 9.50. The zero-order chi connectivity index (χ0) is 22.9. The van der Waals surface area contributed by atoms with Gasteiger partial charge in [-0.2, -0.15) is 0 Å². The summed E-state index contributed by atoms with van der Waals surface area (Å²) in [6.45, 7) is 7.17. The largest absolute Gasteiger partial charge is 0.490 e. The Morgan fingerprint density at radius 2 is 1.87 bits per heavy atom. The van der Waals surface area contributed by atoms with E-state index in [-0.39, 0.29) is 28.4 Å². The molecule has 9 heteroatoms. The van der Waals surface area contributed by atoms with Gasteiger partial charge in [0.2, 0.25) is 5.78 Å². The molecular weight excluding hydrogens is 402 g/mol. The predicted octanol–water partition coefficient (Wildman–Crippen LogP) is 4.28. The van der Waals surface area contributed by atoms with E-state index < -0.39 is 22.3 Å². The average Bonchev–Trinajstić information content (AvgIpc) is 2.97. The van der Waals surface area contributed by atoms with Gasteiger partial charge in [0.15, 0.2) is 11.5 Å². The molecule has 1 amide bonds. The van der Waals surface area contributed by atoms with Crippen LogP contribution >= 0.6 is 0 Å². The highest BCUT2D eigenvalue weighted by atomic mass is 16.6. The van der Waals surface area contributed by atoms with Gasteiger partial charge in [-0.3, -0.25) is 14.9 Å². The number of ether oxygens (including phenoxy) is 2. The molecule has 2 heterocycles. The van der Waals surface area contributed by atoms with Crippen molar-refractivity contribution in [3.8, 4) is 11.5 Å². The molecule has 0 saturated carbocycles. The summed E-state index contributed by atoms with van der Waals surface area (Å²) in [6.07, 6.45) is 1.05. The molecule has 0 aliphatic rings. The number of nitro groups is 1. The second kappa shape index (κ2) is 8.10. The van der Waals surface area contributed by atoms with Crippen LogP contribution in [0.25, 0.3) is 5.52 Å². The summed E-state index contributed by atoms with van der Waals surface area (Å²) in [5, 5.41) is 13.9. The van der Waals surface area contributed by atoms with Crippen LogP contribution in [0.1, 0.15) is 42.4 Å². The number of benzene rings is 1. The molecule has 0 bridgehead atoms. The Hall–Kier alpha value is -3.88. The van der Waals surface area contributed by atoms with Crippen LogP contribution in [0, 0.1) is 17.0 Å². The fourth-order valence-electron chi connectivity index (χ4n) is 3.24. The van der Waals surface area contributed by atoms with E-state index in [1.54, 1.807) is 35.7 Å². The average molecular weight is 425 g/mol. The standard InChI is InChI=1S/C22H23N3O6/c1-13-18(19(26)14-9-10-15(25(28)29)17(12-14)30-5)24-11-7-6-8-16(24)20(13)31-21(27)23-22(2,3)4/h6-12H,1-5H3,(H,23,27). The van der Waals surface area contributed by atoms with Crippen LogP contribution < -0.4 is 14.8 Å². The number of hydrogen-bond acceptors (Lipinski definition) is 6. The molecule has 3 aromatic rings. The molecule has 2 aromatic heterocycles. The Labute approximate surface area is 178 Å². The number of methoxy groups -OCH3 is 1. The Bertz CT molecular complexity index is 1190. The SMILES string of the molecule is COc1cc(C(=O)c2c(C)c(OC(=O)NC(C)(C)C)c3ccccn23)ccc1[N+](=O)[O-]. The van der Waals surface area contributed by atoms with E-state index in [0.29, 0.717) is 11.1 Å². The lowest BCUT2D eigenvalue weighted by molar-refractivity contribution is -0.385. The lowest BCUT2D eigenvalue weighted by Crippen LogP contribution is -2.42. The monoisotopic (exact) mass is 425 g/mol. The predicted molar refractivity (Wildman–Crippen MR) is 114 cm³/mol. The lowest BCUT2D eigenvalue weighted by atomic mass is 10.0. The normalized spacial score (nSPS) is 11.3. The molecular formula is C22H23N3O6. The minimum absolute atomic E-state index is 0.0182. The third-order valence-electron chi connectivity index (χ3n) is 4.55. The van der Waals surface area contributed by atoms with Gasteiger partial charge in [-0.25, -0.2) is 4.79 Å². The molecule has 1 aromatic carbocycles. The van der Waals surface area contributed by atoms with Crippen molar-refractivity contribution < 1.29 is 24.0 Å². The Balaban J connectivity index is 2.09. The molecule has 1 N–H and O–H groups in total. The zero-order valence-electron chi connectivity index (χ0n) is 17.9. The number of rotatable bonds is 5. The summed E-state index contributed by atoms with van der Waals surface area (Å²) in [5.74, 6) is -0.145. The summed E-state index contributed by atoms with van der Waals surface area (Å²) in [6, 6.07) is 9.18. The van der Waals surface area contributed by atoms with Crippen molar-refractivity contribution in [1.29, 1.82) is 0 Å². The molecule has 0 fully saturated rings. The van der Waals surface area contributed by atoms with Crippen molar-refractivity contribution in [3.63, 3.8) is 0 Å². The Morgan fingerprint density at radius 1 is 1.16 bits per heavy atom. The number of nitrogens with zero attached hydrogens (tertiary/aromatic N) is 2. The van der Waals surface area contributed by atoms with Gasteiger partial charge in [0.1, 0.15) is 5.69 Å². The van der Waals surface area contributed by atoms with Crippen molar-refractivity contribution in [2.75, 3.05) is 7.11 Å². The van der Waals surface area contributed by atoms with E-state index in [0.717, 1.165) is 0 Å². The number of nitrogens with one attached hydrogen (secondary N) is 1. The van der Waals surface area contributed by atoms with Gasteiger partial charge < -0.3 is 19.2 Å². The van der Waals surface area contributed by atoms with Gasteiger partial charge in [-0.05, 0) is 52.0 Å². The van der Waals surface area contributed by atoms with Crippen LogP contribution in [0.2, 0.25) is 0 Å². The molecule has 0 aliphatic carbocycles. The van der Waals surface area contributed by atoms with Crippen LogP contribution in [-0.2, 0) is 0 Å². The van der Waals surface area contributed by atoms with Crippen LogP contribution in [0.4, 0.5) is 10.5 Å². The molecule has 9 nitrogen and oxygen atoms in total. The molecule has 3 rings (SSSR count). The highest BCUT2D eigenvalue weighted by Crippen LogP contribution is 2.34. The molecule has 31 heavy (non-hydrogen) atoms. The van der Waals surface area contributed by atoms with Gasteiger partial charge in [0, 0.05) is 28.9 Å². The summed E-state index contributed by atoms with van der Waals surface area (Å²) < 4.78 is 12.3. The fourth-order valence-corrected chi connectivity index (χ4v) is 3.24. The second-order valence-corrected chi connectivity index (χ2v) is 8.00. The molecule has 0 atom stereocenters. The van der Waals surface area contributed by atoms with Crippen molar-refractivity contribution in [3.05, 3.63) is 69.5 Å². The van der Waals surface area contributed by atoms with Crippen molar-refractivity contribution in [2.45, 2.75) is 33.2 Å². The van der Waals surface area contributed by atoms with E-state index in [1.165, 1.54) is 25.3 Å². The van der Waals surface area contributed by atoms with Crippen molar-refractivity contribution >= 4 is 23.1 Å². The van der Waals surface area contributed by atoms with Gasteiger partial charge in [-0.15, -0.1) is 0 Å². The smallest absolute Gasteiger partial charge is 0.413 e. The van der Waals surface area contributed by atoms with Crippen molar-refractivity contribution in [1.82, 2.24) is 9.72 Å². The maximum atomic E-state index is 13.4. The first-order valence-corrected chi connectivity index (χ1v) is 9.50. The third kappa shape index (κ3) is 4.35. The second-order valence-electron chi connectivity index (χ2n) is 8.00. The maximum Gasteiger partial charge on any atom is 0.413 e. The maximum absolute atomic E-state index is 13.4. The number of nitro benzene ring substituents is 1. The first kappa shape index (κ1) is 21.8. The topological polar surface area (TPSA) is 112 Å². The Morgan fingerprint density at radius 3 is 2.48 bits per heavy atom. The molecule has 0 radical (unpaired) electrons. The summed E-state index contributed by atoms with van der Waals surface area (Å²) in [5.41, 5.74) is 0.774. The summed E-state index contributed by atoms with van der Waals surface area (Å²) in [7, 11) is 1.30. The first-order chi connectivity index (χ1) is 14.5. The van der Waals surface area contributed by atoms with Crippen LogP contribution in [0.5, 0.6) is 11.5 Å². The highest BCUT2D eigenvalue weighted by Gasteiger charge is 2.26. The number of amides is 1. The van der Waals surface area contributed by atoms with E-state index >= 15 is 0 Å². The molecule has 0 spiro atoms. The number of hydrogen-bond donors (Lipinski definition) is 1. The van der Waals surface area contributed by atoms with Gasteiger partial charge in [-0.1, -0.05) is 6.07 Å². The number of aromatic nitrogens is 1. The minimum Gasteiger partial charge on any atom is -0.490 e.